The number of aromatic nitrogens is 1. The zero-order chi connectivity index (χ0) is 19.6. The van der Waals surface area contributed by atoms with Crippen molar-refractivity contribution in [2.45, 2.75) is 0 Å². The van der Waals surface area contributed by atoms with Crippen LogP contribution in [-0.4, -0.2) is 28.6 Å². The number of hydroxylamine groups is 1. The number of amides is 1. The molecule has 0 aliphatic rings. The summed E-state index contributed by atoms with van der Waals surface area (Å²) in [5.41, 5.74) is -0.467. The summed E-state index contributed by atoms with van der Waals surface area (Å²) in [5.74, 6) is -2.97. The van der Waals surface area contributed by atoms with Gasteiger partial charge in [-0.3, -0.25) is 14.4 Å². The number of oxazole rings is 1. The molecule has 0 bridgehead atoms. The second-order valence-electron chi connectivity index (χ2n) is 5.20. The molecule has 0 aliphatic heterocycles. The van der Waals surface area contributed by atoms with Gasteiger partial charge in [0.1, 0.15) is 17.6 Å². The van der Waals surface area contributed by atoms with Gasteiger partial charge in [-0.05, 0) is 40.8 Å². The summed E-state index contributed by atoms with van der Waals surface area (Å²) < 4.78 is 35.4. The van der Waals surface area contributed by atoms with Crippen LogP contribution in [0.3, 0.4) is 0 Å². The highest BCUT2D eigenvalue weighted by molar-refractivity contribution is 14.1. The van der Waals surface area contributed by atoms with Gasteiger partial charge >= 0.3 is 0 Å². The van der Waals surface area contributed by atoms with E-state index in [4.69, 9.17) is 14.4 Å². The number of pyridine rings is 1. The predicted molar refractivity (Wildman–Crippen MR) is 98.8 cm³/mol. The van der Waals surface area contributed by atoms with Crippen LogP contribution in [0.4, 0.5) is 20.2 Å². The zero-order valence-electron chi connectivity index (χ0n) is 13.5. The van der Waals surface area contributed by atoms with Gasteiger partial charge in [0.05, 0.1) is 30.8 Å². The Morgan fingerprint density at radius 2 is 2.15 bits per heavy atom. The average molecular weight is 491 g/mol. The Labute approximate surface area is 163 Å². The van der Waals surface area contributed by atoms with E-state index in [0.29, 0.717) is 3.57 Å². The number of aliphatic hydroxyl groups excluding tert-OH is 1. The van der Waals surface area contributed by atoms with Gasteiger partial charge in [0.2, 0.25) is 11.5 Å². The van der Waals surface area contributed by atoms with Gasteiger partial charge < -0.3 is 14.8 Å². The molecule has 142 valence electrons. The third-order valence-electron chi connectivity index (χ3n) is 3.47. The van der Waals surface area contributed by atoms with Crippen molar-refractivity contribution in [1.82, 2.24) is 9.88 Å². The van der Waals surface area contributed by atoms with E-state index in [1.807, 2.05) is 28.1 Å². The molecule has 2 heterocycles. The van der Waals surface area contributed by atoms with Crippen molar-refractivity contribution in [3.05, 3.63) is 61.8 Å². The summed E-state index contributed by atoms with van der Waals surface area (Å²) in [6, 6.07) is 4.10. The molecule has 0 aliphatic carbocycles. The SMILES string of the molecule is O=C(NOCCO)c1c(Nc2ccc(I)cc2F)c(F)c(=O)n2ccoc12. The minimum atomic E-state index is -1.31. The molecule has 8 nitrogen and oxygen atoms in total. The van der Waals surface area contributed by atoms with Crippen LogP contribution in [0.5, 0.6) is 0 Å². The number of anilines is 2. The highest BCUT2D eigenvalue weighted by Gasteiger charge is 2.26. The van der Waals surface area contributed by atoms with Crippen LogP contribution in [0.25, 0.3) is 5.71 Å². The highest BCUT2D eigenvalue weighted by Crippen LogP contribution is 2.28. The van der Waals surface area contributed by atoms with E-state index in [0.717, 1.165) is 16.9 Å². The largest absolute Gasteiger partial charge is 0.446 e. The molecule has 0 saturated carbocycles. The van der Waals surface area contributed by atoms with Gasteiger partial charge in [0, 0.05) is 3.57 Å². The number of hydrogen-bond donors (Lipinski definition) is 3. The lowest BCUT2D eigenvalue weighted by molar-refractivity contribution is 0.0169. The summed E-state index contributed by atoms with van der Waals surface area (Å²) >= 11 is 1.90. The van der Waals surface area contributed by atoms with Crippen LogP contribution in [0.15, 0.2) is 39.9 Å². The zero-order valence-corrected chi connectivity index (χ0v) is 15.6. The minimum Gasteiger partial charge on any atom is -0.446 e. The fourth-order valence-electron chi connectivity index (χ4n) is 2.32. The van der Waals surface area contributed by atoms with Crippen LogP contribution in [0.2, 0.25) is 0 Å². The molecule has 0 atom stereocenters. The van der Waals surface area contributed by atoms with Gasteiger partial charge in [0.15, 0.2) is 0 Å². The topological polar surface area (TPSA) is 105 Å². The first kappa shape index (κ1) is 19.3. The maximum absolute atomic E-state index is 14.7. The van der Waals surface area contributed by atoms with E-state index in [1.165, 1.54) is 12.1 Å². The summed E-state index contributed by atoms with van der Waals surface area (Å²) in [4.78, 5) is 29.4. The Balaban J connectivity index is 2.14. The Morgan fingerprint density at radius 1 is 1.37 bits per heavy atom. The van der Waals surface area contributed by atoms with Crippen molar-refractivity contribution < 1.29 is 27.9 Å². The fourth-order valence-corrected chi connectivity index (χ4v) is 2.77. The Bertz CT molecular complexity index is 1070. The maximum atomic E-state index is 14.7. The van der Waals surface area contributed by atoms with E-state index >= 15 is 0 Å². The number of carbonyl (C=O) groups excluding carboxylic acids is 1. The molecule has 3 N–H and O–H groups in total. The van der Waals surface area contributed by atoms with E-state index in [-0.39, 0.29) is 24.6 Å². The normalized spacial score (nSPS) is 11.0. The summed E-state index contributed by atoms with van der Waals surface area (Å²) in [5, 5.41) is 11.2. The molecular weight excluding hydrogens is 479 g/mol. The van der Waals surface area contributed by atoms with Crippen molar-refractivity contribution in [3.8, 4) is 0 Å². The number of fused-ring (bicyclic) bond motifs is 1. The molecule has 1 amide bonds. The van der Waals surface area contributed by atoms with E-state index in [9.17, 15) is 18.4 Å². The number of benzene rings is 1. The molecule has 27 heavy (non-hydrogen) atoms. The van der Waals surface area contributed by atoms with Crippen molar-refractivity contribution in [1.29, 1.82) is 0 Å². The second kappa shape index (κ2) is 8.02. The monoisotopic (exact) mass is 491 g/mol. The number of aliphatic hydroxyl groups is 1. The number of nitrogens with zero attached hydrogens (tertiary/aromatic N) is 1. The summed E-state index contributed by atoms with van der Waals surface area (Å²) in [6.45, 7) is -0.575. The van der Waals surface area contributed by atoms with Crippen LogP contribution >= 0.6 is 22.6 Å². The minimum absolute atomic E-state index is 0.144. The van der Waals surface area contributed by atoms with Crippen LogP contribution in [-0.2, 0) is 4.84 Å². The van der Waals surface area contributed by atoms with E-state index in [2.05, 4.69) is 5.32 Å². The predicted octanol–water partition coefficient (Wildman–Crippen LogP) is 2.17. The number of rotatable bonds is 6. The Morgan fingerprint density at radius 3 is 2.85 bits per heavy atom. The van der Waals surface area contributed by atoms with Crippen molar-refractivity contribution >= 4 is 45.6 Å². The fraction of sp³-hybridized carbons (Fsp3) is 0.125. The Kier molecular flexibility index (Phi) is 5.72. The lowest BCUT2D eigenvalue weighted by atomic mass is 10.2. The maximum Gasteiger partial charge on any atom is 0.295 e. The molecule has 0 unspecified atom stereocenters. The van der Waals surface area contributed by atoms with Crippen LogP contribution in [0.1, 0.15) is 10.4 Å². The van der Waals surface area contributed by atoms with Crippen LogP contribution < -0.4 is 16.4 Å². The smallest absolute Gasteiger partial charge is 0.295 e. The molecule has 11 heteroatoms. The standard InChI is InChI=1S/C16H12F2IN3O5/c17-9-7-8(19)1-2-10(9)20-13-11(14(24)21-27-6-4-23)16-22(3-5-26-16)15(25)12(13)18/h1-3,5,7,20,23H,4,6H2,(H,21,24). The molecule has 3 rings (SSSR count). The third kappa shape index (κ3) is 3.79. The van der Waals surface area contributed by atoms with Crippen molar-refractivity contribution in [2.75, 3.05) is 18.5 Å². The lowest BCUT2D eigenvalue weighted by Crippen LogP contribution is -2.29. The number of carbonyl (C=O) groups is 1. The van der Waals surface area contributed by atoms with Gasteiger partial charge in [-0.25, -0.2) is 14.3 Å². The first-order valence-corrected chi connectivity index (χ1v) is 8.58. The number of nitrogens with one attached hydrogen (secondary N) is 2. The van der Waals surface area contributed by atoms with Crippen molar-refractivity contribution in [2.24, 2.45) is 0 Å². The van der Waals surface area contributed by atoms with Gasteiger partial charge in [-0.1, -0.05) is 0 Å². The highest BCUT2D eigenvalue weighted by atomic mass is 127. The van der Waals surface area contributed by atoms with Gasteiger partial charge in [-0.2, -0.15) is 4.39 Å². The first-order chi connectivity index (χ1) is 12.9. The molecule has 0 saturated heterocycles. The van der Waals surface area contributed by atoms with Gasteiger partial charge in [-0.15, -0.1) is 0 Å². The lowest BCUT2D eigenvalue weighted by Gasteiger charge is -2.14. The molecule has 0 spiro atoms. The van der Waals surface area contributed by atoms with Crippen molar-refractivity contribution in [3.63, 3.8) is 0 Å². The number of halogens is 3. The van der Waals surface area contributed by atoms with Gasteiger partial charge in [0.25, 0.3) is 11.5 Å². The molecule has 3 aromatic rings. The van der Waals surface area contributed by atoms with E-state index < -0.39 is 34.4 Å². The Hall–Kier alpha value is -2.51. The third-order valence-corrected chi connectivity index (χ3v) is 4.15. The summed E-state index contributed by atoms with van der Waals surface area (Å²) in [6.07, 6.45) is 2.23. The number of hydrogen-bond acceptors (Lipinski definition) is 6. The quantitative estimate of drug-likeness (QED) is 0.278. The molecule has 1 aromatic carbocycles. The molecule has 2 aromatic heterocycles. The molecule has 0 radical (unpaired) electrons. The first-order valence-electron chi connectivity index (χ1n) is 7.50. The average Bonchev–Trinajstić information content (AvgIpc) is 3.11. The molecular formula is C16H12F2IN3O5. The molecule has 0 fully saturated rings. The van der Waals surface area contributed by atoms with Crippen LogP contribution in [0, 0.1) is 15.2 Å². The second-order valence-corrected chi connectivity index (χ2v) is 6.45. The van der Waals surface area contributed by atoms with E-state index in [1.54, 1.807) is 6.07 Å². The summed E-state index contributed by atoms with van der Waals surface area (Å²) in [7, 11) is 0.